The van der Waals surface area contributed by atoms with Crippen molar-refractivity contribution in [2.75, 3.05) is 25.0 Å². The number of aryl methyl sites for hydroxylation is 1. The summed E-state index contributed by atoms with van der Waals surface area (Å²) in [7, 11) is 1.53. The van der Waals surface area contributed by atoms with E-state index in [1.807, 2.05) is 13.8 Å². The van der Waals surface area contributed by atoms with Gasteiger partial charge in [0.1, 0.15) is 16.8 Å². The molecule has 0 aromatic carbocycles. The van der Waals surface area contributed by atoms with Gasteiger partial charge in [-0.2, -0.15) is 10.4 Å². The Morgan fingerprint density at radius 2 is 1.97 bits per heavy atom. The molecule has 0 aliphatic carbocycles. The van der Waals surface area contributed by atoms with E-state index in [1.54, 1.807) is 18.7 Å². The Kier molecular flexibility index (Phi) is 7.12. The smallest absolute Gasteiger partial charge is 0.358 e. The van der Waals surface area contributed by atoms with Crippen LogP contribution in [-0.4, -0.2) is 52.2 Å². The Balaban J connectivity index is 2.34. The van der Waals surface area contributed by atoms with Crippen molar-refractivity contribution in [2.45, 2.75) is 27.7 Å². The first-order chi connectivity index (χ1) is 13.8. The second kappa shape index (κ2) is 9.34. The number of nitrogens with one attached hydrogen (secondary N) is 1. The second-order valence-corrected chi connectivity index (χ2v) is 7.08. The number of nitrogens with zero attached hydrogens (tertiary/aromatic N) is 4. The summed E-state index contributed by atoms with van der Waals surface area (Å²) in [6.07, 6.45) is 0. The Hall–Kier alpha value is -3.19. The number of carbonyl (C=O) groups is 3. The van der Waals surface area contributed by atoms with E-state index >= 15 is 0 Å². The second-order valence-electron chi connectivity index (χ2n) is 6.06. The summed E-state index contributed by atoms with van der Waals surface area (Å²) in [5, 5.41) is 16.5. The van der Waals surface area contributed by atoms with Crippen LogP contribution in [0.3, 0.4) is 0 Å². The number of hydrogen-bond acceptors (Lipinski definition) is 7. The summed E-state index contributed by atoms with van der Waals surface area (Å²) in [5.74, 6) is -1.35. The van der Waals surface area contributed by atoms with E-state index < -0.39 is 11.9 Å². The SMILES string of the molecule is CCOC(=O)c1cc(C(=O)Nc2sc(C(=O)N(CC)CC)c(C)c2C#N)n(C)n1. The zero-order valence-electron chi connectivity index (χ0n) is 17.0. The van der Waals surface area contributed by atoms with Crippen LogP contribution < -0.4 is 5.32 Å². The van der Waals surface area contributed by atoms with Gasteiger partial charge in [-0.25, -0.2) is 4.79 Å². The van der Waals surface area contributed by atoms with Crippen LogP contribution >= 0.6 is 11.3 Å². The molecule has 0 unspecified atom stereocenters. The lowest BCUT2D eigenvalue weighted by molar-refractivity contribution is 0.0518. The summed E-state index contributed by atoms with van der Waals surface area (Å²) in [4.78, 5) is 39.3. The van der Waals surface area contributed by atoms with Crippen LogP contribution in [0.15, 0.2) is 6.07 Å². The highest BCUT2D eigenvalue weighted by Crippen LogP contribution is 2.33. The topological polar surface area (TPSA) is 117 Å². The summed E-state index contributed by atoms with van der Waals surface area (Å²) < 4.78 is 6.15. The maximum atomic E-state index is 12.7. The van der Waals surface area contributed by atoms with Crippen molar-refractivity contribution in [1.82, 2.24) is 14.7 Å². The number of nitriles is 1. The average molecular weight is 417 g/mol. The number of anilines is 1. The lowest BCUT2D eigenvalue weighted by atomic mass is 10.1. The van der Waals surface area contributed by atoms with Crippen LogP contribution in [-0.2, 0) is 11.8 Å². The summed E-state index contributed by atoms with van der Waals surface area (Å²) in [6, 6.07) is 3.38. The molecule has 0 atom stereocenters. The largest absolute Gasteiger partial charge is 0.461 e. The lowest BCUT2D eigenvalue weighted by Gasteiger charge is -2.17. The lowest BCUT2D eigenvalue weighted by Crippen LogP contribution is -2.30. The molecule has 154 valence electrons. The van der Waals surface area contributed by atoms with Gasteiger partial charge in [-0.05, 0) is 33.3 Å². The number of ether oxygens (including phenoxy) is 1. The van der Waals surface area contributed by atoms with Gasteiger partial charge in [0.2, 0.25) is 0 Å². The Morgan fingerprint density at radius 1 is 1.31 bits per heavy atom. The van der Waals surface area contributed by atoms with Gasteiger partial charge in [0.15, 0.2) is 5.69 Å². The van der Waals surface area contributed by atoms with Gasteiger partial charge in [0, 0.05) is 26.2 Å². The average Bonchev–Trinajstić information content (AvgIpc) is 3.22. The molecule has 0 aliphatic heterocycles. The minimum absolute atomic E-state index is 0.0137. The van der Waals surface area contributed by atoms with E-state index in [4.69, 9.17) is 4.74 Å². The number of esters is 1. The maximum Gasteiger partial charge on any atom is 0.358 e. The monoisotopic (exact) mass is 417 g/mol. The van der Waals surface area contributed by atoms with Crippen LogP contribution in [0.5, 0.6) is 0 Å². The van der Waals surface area contributed by atoms with Crippen LogP contribution in [0.25, 0.3) is 0 Å². The van der Waals surface area contributed by atoms with Gasteiger partial charge in [-0.1, -0.05) is 0 Å². The van der Waals surface area contributed by atoms with E-state index in [1.165, 1.54) is 17.8 Å². The van der Waals surface area contributed by atoms with Crippen molar-refractivity contribution in [2.24, 2.45) is 7.05 Å². The van der Waals surface area contributed by atoms with E-state index in [0.717, 1.165) is 11.3 Å². The number of rotatable bonds is 7. The molecule has 2 aromatic rings. The minimum atomic E-state index is -0.626. The van der Waals surface area contributed by atoms with E-state index in [-0.39, 0.29) is 34.5 Å². The highest BCUT2D eigenvalue weighted by Gasteiger charge is 2.25. The Labute approximate surface area is 172 Å². The van der Waals surface area contributed by atoms with Crippen LogP contribution in [0.2, 0.25) is 0 Å². The molecule has 2 rings (SSSR count). The van der Waals surface area contributed by atoms with E-state index in [2.05, 4.69) is 16.5 Å². The molecule has 0 radical (unpaired) electrons. The Bertz CT molecular complexity index is 982. The van der Waals surface area contributed by atoms with Gasteiger partial charge in [0.05, 0.1) is 17.0 Å². The molecule has 29 heavy (non-hydrogen) atoms. The maximum absolute atomic E-state index is 12.7. The summed E-state index contributed by atoms with van der Waals surface area (Å²) in [5.41, 5.74) is 0.910. The van der Waals surface area contributed by atoms with Gasteiger partial charge in [-0.15, -0.1) is 11.3 Å². The molecule has 2 amide bonds. The van der Waals surface area contributed by atoms with Gasteiger partial charge in [0.25, 0.3) is 11.8 Å². The summed E-state index contributed by atoms with van der Waals surface area (Å²) >= 11 is 1.06. The molecular formula is C19H23N5O4S. The third-order valence-electron chi connectivity index (χ3n) is 4.33. The van der Waals surface area contributed by atoms with Gasteiger partial charge in [-0.3, -0.25) is 14.3 Å². The minimum Gasteiger partial charge on any atom is -0.461 e. The first-order valence-electron chi connectivity index (χ1n) is 9.14. The van der Waals surface area contributed by atoms with Crippen LogP contribution in [0, 0.1) is 18.3 Å². The summed E-state index contributed by atoms with van der Waals surface area (Å²) in [6.45, 7) is 8.39. The zero-order chi connectivity index (χ0) is 21.7. The van der Waals surface area contributed by atoms with E-state index in [9.17, 15) is 19.6 Å². The number of thiophene rings is 1. The predicted molar refractivity (Wildman–Crippen MR) is 108 cm³/mol. The molecule has 9 nitrogen and oxygen atoms in total. The van der Waals surface area contributed by atoms with Crippen molar-refractivity contribution in [3.8, 4) is 6.07 Å². The number of aromatic nitrogens is 2. The molecule has 2 aromatic heterocycles. The third-order valence-corrected chi connectivity index (χ3v) is 5.52. The Morgan fingerprint density at radius 3 is 2.52 bits per heavy atom. The zero-order valence-corrected chi connectivity index (χ0v) is 17.8. The molecule has 0 spiro atoms. The first-order valence-corrected chi connectivity index (χ1v) is 9.95. The molecule has 2 heterocycles. The van der Waals surface area contributed by atoms with Crippen molar-refractivity contribution in [1.29, 1.82) is 5.26 Å². The standard InChI is InChI=1S/C19H23N5O4S/c1-6-24(7-2)18(26)15-11(4)12(10-20)17(29-15)21-16(25)14-9-13(22-23(14)5)19(27)28-8-3/h9H,6-8H2,1-5H3,(H,21,25). The first kappa shape index (κ1) is 22.1. The fourth-order valence-electron chi connectivity index (χ4n) is 2.75. The fourth-order valence-corrected chi connectivity index (χ4v) is 3.87. The van der Waals surface area contributed by atoms with Crippen molar-refractivity contribution in [3.05, 3.63) is 33.5 Å². The van der Waals surface area contributed by atoms with Crippen LogP contribution in [0.4, 0.5) is 5.00 Å². The third kappa shape index (κ3) is 4.46. The van der Waals surface area contributed by atoms with Crippen molar-refractivity contribution < 1.29 is 19.1 Å². The molecule has 0 fully saturated rings. The quantitative estimate of drug-likeness (QED) is 0.692. The normalized spacial score (nSPS) is 10.3. The molecular weight excluding hydrogens is 394 g/mol. The molecule has 0 bridgehead atoms. The predicted octanol–water partition coefficient (Wildman–Crippen LogP) is 2.57. The molecule has 0 saturated carbocycles. The molecule has 1 N–H and O–H groups in total. The highest BCUT2D eigenvalue weighted by atomic mass is 32.1. The van der Waals surface area contributed by atoms with E-state index in [0.29, 0.717) is 23.5 Å². The van der Waals surface area contributed by atoms with Gasteiger partial charge < -0.3 is 15.0 Å². The number of carbonyl (C=O) groups excluding carboxylic acids is 3. The highest BCUT2D eigenvalue weighted by molar-refractivity contribution is 7.18. The fraction of sp³-hybridized carbons (Fsp3) is 0.421. The number of amides is 2. The molecule has 0 aliphatic rings. The van der Waals surface area contributed by atoms with Crippen molar-refractivity contribution >= 4 is 34.1 Å². The van der Waals surface area contributed by atoms with Gasteiger partial charge >= 0.3 is 5.97 Å². The van der Waals surface area contributed by atoms with Crippen LogP contribution in [0.1, 0.15) is 62.5 Å². The van der Waals surface area contributed by atoms with Crippen molar-refractivity contribution in [3.63, 3.8) is 0 Å². The molecule has 10 heteroatoms. The number of hydrogen-bond donors (Lipinski definition) is 1. The molecule has 0 saturated heterocycles.